The lowest BCUT2D eigenvalue weighted by Crippen LogP contribution is -3.09. The molecule has 2 aromatic carbocycles. The van der Waals surface area contributed by atoms with E-state index in [1.807, 2.05) is 37.4 Å². The van der Waals surface area contributed by atoms with E-state index in [0.717, 1.165) is 16.0 Å². The molecule has 25 heavy (non-hydrogen) atoms. The second-order valence-corrected chi connectivity index (χ2v) is 6.36. The van der Waals surface area contributed by atoms with Gasteiger partial charge in [0.25, 0.3) is 5.91 Å². The number of likely N-dealkylation sites (N-methyl/N-ethyl adjacent to an activating group) is 1. The number of rotatable bonds is 8. The highest BCUT2D eigenvalue weighted by Crippen LogP contribution is 2.04. The zero-order chi connectivity index (χ0) is 18.2. The lowest BCUT2D eigenvalue weighted by molar-refractivity contribution is -0.885. The van der Waals surface area contributed by atoms with Crippen molar-refractivity contribution < 1.29 is 18.9 Å². The Morgan fingerprint density at radius 3 is 2.28 bits per heavy atom. The molecule has 2 rings (SSSR count). The lowest BCUT2D eigenvalue weighted by Gasteiger charge is -2.18. The lowest BCUT2D eigenvalue weighted by atomic mass is 10.0. The maximum Gasteiger partial charge on any atom is 0.275 e. The average molecular weight is 343 g/mol. The fraction of sp³-hybridized carbons (Fsp3) is 0.300. The molecule has 5 heteroatoms. The largest absolute Gasteiger partial charge is 0.341 e. The van der Waals surface area contributed by atoms with Crippen molar-refractivity contribution in [2.45, 2.75) is 25.9 Å². The minimum Gasteiger partial charge on any atom is -0.341 e. The van der Waals surface area contributed by atoms with Crippen LogP contribution in [0.4, 0.5) is 4.39 Å². The van der Waals surface area contributed by atoms with Crippen molar-refractivity contribution >= 4 is 11.7 Å². The van der Waals surface area contributed by atoms with Crippen LogP contribution >= 0.6 is 0 Å². The first-order chi connectivity index (χ1) is 11.9. The highest BCUT2D eigenvalue weighted by molar-refractivity contribution is 5.88. The Hall–Kier alpha value is -2.53. The SMILES string of the molecule is CC(=O)[C@H](Cc1ccccc1)NC(=O)C[NH+](C)Cc1ccc(F)cc1. The fourth-order valence-corrected chi connectivity index (χ4v) is 2.68. The van der Waals surface area contributed by atoms with E-state index < -0.39 is 6.04 Å². The van der Waals surface area contributed by atoms with E-state index in [-0.39, 0.29) is 24.1 Å². The molecule has 0 aromatic heterocycles. The van der Waals surface area contributed by atoms with Gasteiger partial charge in [0.2, 0.25) is 0 Å². The molecule has 0 bridgehead atoms. The van der Waals surface area contributed by atoms with E-state index in [9.17, 15) is 14.0 Å². The van der Waals surface area contributed by atoms with Crippen molar-refractivity contribution in [1.82, 2.24) is 5.32 Å². The first kappa shape index (κ1) is 18.8. The molecule has 1 unspecified atom stereocenters. The molecule has 4 nitrogen and oxygen atoms in total. The molecule has 2 aromatic rings. The van der Waals surface area contributed by atoms with Gasteiger partial charge in [-0.2, -0.15) is 0 Å². The van der Waals surface area contributed by atoms with Crippen LogP contribution in [0.1, 0.15) is 18.1 Å². The quantitative estimate of drug-likeness (QED) is 0.756. The average Bonchev–Trinajstić information content (AvgIpc) is 2.57. The normalized spacial score (nSPS) is 13.1. The topological polar surface area (TPSA) is 50.6 Å². The second-order valence-electron chi connectivity index (χ2n) is 6.36. The molecule has 0 heterocycles. The molecule has 0 radical (unpaired) electrons. The first-order valence-electron chi connectivity index (χ1n) is 8.33. The van der Waals surface area contributed by atoms with Crippen molar-refractivity contribution in [2.75, 3.05) is 13.6 Å². The standard InChI is InChI=1S/C20H23FN2O2/c1-15(24)19(12-16-6-4-3-5-7-16)22-20(25)14-23(2)13-17-8-10-18(21)11-9-17/h3-11,19H,12-14H2,1-2H3,(H,22,25)/p+1/t19-/m0/s1. The van der Waals surface area contributed by atoms with Crippen LogP contribution in [0.2, 0.25) is 0 Å². The number of benzene rings is 2. The molecule has 132 valence electrons. The van der Waals surface area contributed by atoms with Gasteiger partial charge in [-0.1, -0.05) is 42.5 Å². The molecule has 0 spiro atoms. The summed E-state index contributed by atoms with van der Waals surface area (Å²) in [7, 11) is 1.89. The minimum absolute atomic E-state index is 0.0617. The number of carbonyl (C=O) groups is 2. The summed E-state index contributed by atoms with van der Waals surface area (Å²) >= 11 is 0. The number of Topliss-reactive ketones (excluding diaryl/α,β-unsaturated/α-hetero) is 1. The van der Waals surface area contributed by atoms with Crippen LogP contribution in [0.15, 0.2) is 54.6 Å². The maximum atomic E-state index is 12.9. The van der Waals surface area contributed by atoms with Crippen molar-refractivity contribution in [1.29, 1.82) is 0 Å². The summed E-state index contributed by atoms with van der Waals surface area (Å²) in [5.74, 6) is -0.506. The zero-order valence-corrected chi connectivity index (χ0v) is 14.6. The third-order valence-corrected chi connectivity index (χ3v) is 3.99. The Morgan fingerprint density at radius 1 is 1.04 bits per heavy atom. The third kappa shape index (κ3) is 6.47. The number of nitrogens with one attached hydrogen (secondary N) is 2. The molecular formula is C20H24FN2O2+. The molecule has 1 amide bonds. The molecule has 0 aliphatic rings. The van der Waals surface area contributed by atoms with Gasteiger partial charge in [-0.05, 0) is 31.0 Å². The van der Waals surface area contributed by atoms with Gasteiger partial charge in [0.15, 0.2) is 12.3 Å². The number of ketones is 1. The van der Waals surface area contributed by atoms with Crippen LogP contribution in [0.5, 0.6) is 0 Å². The van der Waals surface area contributed by atoms with Gasteiger partial charge < -0.3 is 10.2 Å². The zero-order valence-electron chi connectivity index (χ0n) is 14.6. The van der Waals surface area contributed by atoms with E-state index in [4.69, 9.17) is 0 Å². The predicted molar refractivity (Wildman–Crippen MR) is 94.6 cm³/mol. The number of hydrogen-bond donors (Lipinski definition) is 2. The van der Waals surface area contributed by atoms with Gasteiger partial charge in [-0.3, -0.25) is 9.59 Å². The summed E-state index contributed by atoms with van der Waals surface area (Å²) in [6, 6.07) is 15.3. The van der Waals surface area contributed by atoms with Crippen molar-refractivity contribution in [3.8, 4) is 0 Å². The number of hydrogen-bond acceptors (Lipinski definition) is 2. The number of halogens is 1. The maximum absolute atomic E-state index is 12.9. The van der Waals surface area contributed by atoms with Crippen LogP contribution in [-0.4, -0.2) is 31.3 Å². The number of carbonyl (C=O) groups excluding carboxylic acids is 2. The van der Waals surface area contributed by atoms with Crippen molar-refractivity contribution in [2.24, 2.45) is 0 Å². The molecule has 2 N–H and O–H groups in total. The van der Waals surface area contributed by atoms with Gasteiger partial charge in [-0.25, -0.2) is 4.39 Å². The summed E-state index contributed by atoms with van der Waals surface area (Å²) in [4.78, 5) is 25.1. The Kier molecular flexibility index (Phi) is 6.83. The highest BCUT2D eigenvalue weighted by atomic mass is 19.1. The third-order valence-electron chi connectivity index (χ3n) is 3.99. The Labute approximate surface area is 147 Å². The summed E-state index contributed by atoms with van der Waals surface area (Å²) in [6.45, 7) is 2.34. The van der Waals surface area contributed by atoms with E-state index in [0.29, 0.717) is 13.0 Å². The summed E-state index contributed by atoms with van der Waals surface area (Å²) in [5.41, 5.74) is 1.97. The molecule has 0 fully saturated rings. The van der Waals surface area contributed by atoms with E-state index in [1.165, 1.54) is 19.1 Å². The van der Waals surface area contributed by atoms with Gasteiger partial charge in [-0.15, -0.1) is 0 Å². The summed E-state index contributed by atoms with van der Waals surface area (Å²) in [5, 5.41) is 2.82. The number of quaternary nitrogens is 1. The summed E-state index contributed by atoms with van der Waals surface area (Å²) in [6.07, 6.45) is 0.485. The molecule has 0 aliphatic carbocycles. The Bertz CT molecular complexity index is 701. The molecule has 0 aliphatic heterocycles. The van der Waals surface area contributed by atoms with Crippen LogP contribution in [0.25, 0.3) is 0 Å². The molecule has 0 saturated carbocycles. The number of amides is 1. The first-order valence-corrected chi connectivity index (χ1v) is 8.33. The Morgan fingerprint density at radius 2 is 1.68 bits per heavy atom. The van der Waals surface area contributed by atoms with Crippen LogP contribution in [-0.2, 0) is 22.6 Å². The van der Waals surface area contributed by atoms with Crippen LogP contribution in [0, 0.1) is 5.82 Å². The second kappa shape index (κ2) is 9.08. The fourth-order valence-electron chi connectivity index (χ4n) is 2.68. The van der Waals surface area contributed by atoms with Gasteiger partial charge in [0.1, 0.15) is 12.4 Å². The van der Waals surface area contributed by atoms with Gasteiger partial charge >= 0.3 is 0 Å². The van der Waals surface area contributed by atoms with E-state index in [1.54, 1.807) is 12.1 Å². The smallest absolute Gasteiger partial charge is 0.275 e. The monoisotopic (exact) mass is 343 g/mol. The van der Waals surface area contributed by atoms with Crippen molar-refractivity contribution in [3.05, 3.63) is 71.5 Å². The highest BCUT2D eigenvalue weighted by Gasteiger charge is 2.19. The van der Waals surface area contributed by atoms with Crippen LogP contribution < -0.4 is 10.2 Å². The van der Waals surface area contributed by atoms with Gasteiger partial charge in [0.05, 0.1) is 13.1 Å². The van der Waals surface area contributed by atoms with Crippen molar-refractivity contribution in [3.63, 3.8) is 0 Å². The minimum atomic E-state index is -0.520. The Balaban J connectivity index is 1.87. The predicted octanol–water partition coefficient (Wildman–Crippen LogP) is 1.16. The summed E-state index contributed by atoms with van der Waals surface area (Å²) < 4.78 is 12.9. The molecule has 2 atom stereocenters. The van der Waals surface area contributed by atoms with Gasteiger partial charge in [0, 0.05) is 5.56 Å². The molecule has 0 saturated heterocycles. The van der Waals surface area contributed by atoms with E-state index >= 15 is 0 Å². The van der Waals surface area contributed by atoms with Crippen LogP contribution in [0.3, 0.4) is 0 Å². The van der Waals surface area contributed by atoms with E-state index in [2.05, 4.69) is 5.32 Å². The molecular weight excluding hydrogens is 319 g/mol.